The van der Waals surface area contributed by atoms with Gasteiger partial charge in [0.2, 0.25) is 0 Å². The molecule has 0 aromatic heterocycles. The summed E-state index contributed by atoms with van der Waals surface area (Å²) >= 11 is 1.96. The molecule has 0 spiro atoms. The van der Waals surface area contributed by atoms with Gasteiger partial charge in [0.25, 0.3) is 0 Å². The van der Waals surface area contributed by atoms with Crippen LogP contribution >= 0.6 is 11.8 Å². The van der Waals surface area contributed by atoms with Gasteiger partial charge < -0.3 is 4.74 Å². The van der Waals surface area contributed by atoms with Gasteiger partial charge in [0.1, 0.15) is 11.9 Å². The minimum atomic E-state index is 0.428. The summed E-state index contributed by atoms with van der Waals surface area (Å²) < 4.78 is 5.74. The first-order chi connectivity index (χ1) is 5.86. The van der Waals surface area contributed by atoms with Gasteiger partial charge in [-0.05, 0) is 19.1 Å². The van der Waals surface area contributed by atoms with Gasteiger partial charge in [-0.15, -0.1) is 0 Å². The minimum absolute atomic E-state index is 0.428. The monoisotopic (exact) mass is 180 g/mol. The Labute approximate surface area is 77.1 Å². The summed E-state index contributed by atoms with van der Waals surface area (Å²) in [5.41, 5.74) is 0. The third kappa shape index (κ3) is 1.58. The van der Waals surface area contributed by atoms with Gasteiger partial charge in [-0.25, -0.2) is 0 Å². The smallest absolute Gasteiger partial charge is 0.119 e. The van der Waals surface area contributed by atoms with E-state index in [1.54, 1.807) is 0 Å². The van der Waals surface area contributed by atoms with E-state index >= 15 is 0 Å². The average Bonchev–Trinajstić information content (AvgIpc) is 2.14. The summed E-state index contributed by atoms with van der Waals surface area (Å²) in [4.78, 5) is 0. The standard InChI is InChI=1S/C10H12OS/c1-8-10(7-12-8)11-9-5-3-2-4-6-9/h2-6,8,10H,7H2,1H3. The third-order valence-electron chi connectivity index (χ3n) is 2.08. The second-order valence-electron chi connectivity index (χ2n) is 3.01. The number of hydrogen-bond donors (Lipinski definition) is 0. The van der Waals surface area contributed by atoms with Crippen LogP contribution in [0.25, 0.3) is 0 Å². The number of para-hydroxylation sites is 1. The summed E-state index contributed by atoms with van der Waals surface area (Å²) in [5, 5.41) is 0.658. The first-order valence-corrected chi connectivity index (χ1v) is 5.24. The molecule has 1 aromatic carbocycles. The molecule has 1 heterocycles. The molecule has 0 aliphatic carbocycles. The van der Waals surface area contributed by atoms with Crippen molar-refractivity contribution in [2.75, 3.05) is 5.75 Å². The minimum Gasteiger partial charge on any atom is -0.488 e. The van der Waals surface area contributed by atoms with Crippen LogP contribution in [-0.2, 0) is 0 Å². The summed E-state index contributed by atoms with van der Waals surface area (Å²) in [6, 6.07) is 10.0. The number of hydrogen-bond acceptors (Lipinski definition) is 2. The second kappa shape index (κ2) is 3.40. The van der Waals surface area contributed by atoms with E-state index in [1.165, 1.54) is 0 Å². The average molecular weight is 180 g/mol. The summed E-state index contributed by atoms with van der Waals surface area (Å²) in [6.45, 7) is 2.21. The predicted octanol–water partition coefficient (Wildman–Crippen LogP) is 2.57. The lowest BCUT2D eigenvalue weighted by Gasteiger charge is -2.33. The molecule has 12 heavy (non-hydrogen) atoms. The molecule has 0 N–H and O–H groups in total. The van der Waals surface area contributed by atoms with Crippen LogP contribution in [0.2, 0.25) is 0 Å². The van der Waals surface area contributed by atoms with Crippen LogP contribution < -0.4 is 4.74 Å². The van der Waals surface area contributed by atoms with Crippen LogP contribution in [0.4, 0.5) is 0 Å². The molecule has 0 saturated carbocycles. The normalized spacial score (nSPS) is 27.8. The molecule has 2 unspecified atom stereocenters. The van der Waals surface area contributed by atoms with Crippen molar-refractivity contribution >= 4 is 11.8 Å². The van der Waals surface area contributed by atoms with Gasteiger partial charge in [0, 0.05) is 11.0 Å². The van der Waals surface area contributed by atoms with Crippen molar-refractivity contribution in [3.8, 4) is 5.75 Å². The van der Waals surface area contributed by atoms with Gasteiger partial charge >= 0.3 is 0 Å². The zero-order valence-corrected chi connectivity index (χ0v) is 7.88. The number of ether oxygens (including phenoxy) is 1. The number of benzene rings is 1. The fourth-order valence-electron chi connectivity index (χ4n) is 1.17. The molecule has 2 atom stereocenters. The predicted molar refractivity (Wildman–Crippen MR) is 52.8 cm³/mol. The molecule has 1 fully saturated rings. The molecular formula is C10H12OS. The van der Waals surface area contributed by atoms with Crippen molar-refractivity contribution in [2.45, 2.75) is 18.3 Å². The highest BCUT2D eigenvalue weighted by Gasteiger charge is 2.29. The van der Waals surface area contributed by atoms with E-state index in [1.807, 2.05) is 42.1 Å². The van der Waals surface area contributed by atoms with Crippen LogP contribution in [0.15, 0.2) is 30.3 Å². The topological polar surface area (TPSA) is 9.23 Å². The maximum Gasteiger partial charge on any atom is 0.119 e. The molecule has 1 nitrogen and oxygen atoms in total. The molecule has 2 heteroatoms. The van der Waals surface area contributed by atoms with Gasteiger partial charge in [-0.1, -0.05) is 18.2 Å². The highest BCUT2D eigenvalue weighted by molar-refractivity contribution is 8.01. The Morgan fingerprint density at radius 1 is 1.33 bits per heavy atom. The molecule has 0 amide bonds. The zero-order chi connectivity index (χ0) is 8.39. The Morgan fingerprint density at radius 3 is 2.58 bits per heavy atom. The lowest BCUT2D eigenvalue weighted by atomic mass is 10.3. The molecule has 1 aromatic rings. The fourth-order valence-corrected chi connectivity index (χ4v) is 2.03. The van der Waals surface area contributed by atoms with Crippen LogP contribution in [-0.4, -0.2) is 17.1 Å². The molecular weight excluding hydrogens is 168 g/mol. The van der Waals surface area contributed by atoms with E-state index in [0.29, 0.717) is 11.4 Å². The Kier molecular flexibility index (Phi) is 2.26. The Bertz CT molecular complexity index is 247. The highest BCUT2D eigenvalue weighted by atomic mass is 32.2. The summed E-state index contributed by atoms with van der Waals surface area (Å²) in [6.07, 6.45) is 0.428. The van der Waals surface area contributed by atoms with E-state index in [4.69, 9.17) is 4.74 Å². The van der Waals surface area contributed by atoms with Crippen molar-refractivity contribution in [1.29, 1.82) is 0 Å². The van der Waals surface area contributed by atoms with Crippen molar-refractivity contribution in [1.82, 2.24) is 0 Å². The first kappa shape index (κ1) is 7.99. The fraction of sp³-hybridized carbons (Fsp3) is 0.400. The maximum atomic E-state index is 5.74. The first-order valence-electron chi connectivity index (χ1n) is 4.19. The van der Waals surface area contributed by atoms with Crippen molar-refractivity contribution in [3.05, 3.63) is 30.3 Å². The third-order valence-corrected chi connectivity index (χ3v) is 3.43. The largest absolute Gasteiger partial charge is 0.488 e. The van der Waals surface area contributed by atoms with Gasteiger partial charge in [-0.2, -0.15) is 11.8 Å². The number of thioether (sulfide) groups is 1. The van der Waals surface area contributed by atoms with E-state index < -0.39 is 0 Å². The molecule has 1 aliphatic heterocycles. The van der Waals surface area contributed by atoms with Crippen molar-refractivity contribution < 1.29 is 4.74 Å². The zero-order valence-electron chi connectivity index (χ0n) is 7.07. The van der Waals surface area contributed by atoms with Crippen molar-refractivity contribution in [3.63, 3.8) is 0 Å². The summed E-state index contributed by atoms with van der Waals surface area (Å²) in [5.74, 6) is 2.13. The SMILES string of the molecule is CC1SCC1Oc1ccccc1. The molecule has 2 rings (SSSR count). The molecule has 0 bridgehead atoms. The molecule has 1 saturated heterocycles. The van der Waals surface area contributed by atoms with Crippen LogP contribution in [0.3, 0.4) is 0 Å². The van der Waals surface area contributed by atoms with E-state index in [-0.39, 0.29) is 0 Å². The van der Waals surface area contributed by atoms with E-state index in [0.717, 1.165) is 11.5 Å². The van der Waals surface area contributed by atoms with Crippen LogP contribution in [0, 0.1) is 0 Å². The quantitative estimate of drug-likeness (QED) is 0.691. The Balaban J connectivity index is 1.95. The Hall–Kier alpha value is -0.630. The Morgan fingerprint density at radius 2 is 2.08 bits per heavy atom. The summed E-state index contributed by atoms with van der Waals surface area (Å²) in [7, 11) is 0. The van der Waals surface area contributed by atoms with Crippen LogP contribution in [0.5, 0.6) is 5.75 Å². The lowest BCUT2D eigenvalue weighted by molar-refractivity contribution is 0.214. The van der Waals surface area contributed by atoms with Crippen LogP contribution in [0.1, 0.15) is 6.92 Å². The second-order valence-corrected chi connectivity index (χ2v) is 4.42. The lowest BCUT2D eigenvalue weighted by Crippen LogP contribution is -2.39. The maximum absolute atomic E-state index is 5.74. The molecule has 0 radical (unpaired) electrons. The van der Waals surface area contributed by atoms with Crippen molar-refractivity contribution in [2.24, 2.45) is 0 Å². The van der Waals surface area contributed by atoms with E-state index in [9.17, 15) is 0 Å². The molecule has 1 aliphatic rings. The van der Waals surface area contributed by atoms with Gasteiger partial charge in [0.05, 0.1) is 0 Å². The van der Waals surface area contributed by atoms with E-state index in [2.05, 4.69) is 6.92 Å². The van der Waals surface area contributed by atoms with Gasteiger partial charge in [0.15, 0.2) is 0 Å². The highest BCUT2D eigenvalue weighted by Crippen LogP contribution is 2.31. The van der Waals surface area contributed by atoms with Gasteiger partial charge in [-0.3, -0.25) is 0 Å². The molecule has 64 valence electrons. The number of rotatable bonds is 2.